The van der Waals surface area contributed by atoms with Gasteiger partial charge in [0.25, 0.3) is 0 Å². The highest BCUT2D eigenvalue weighted by atomic mass is 32.2. The predicted molar refractivity (Wildman–Crippen MR) is 90.6 cm³/mol. The molecule has 1 heterocycles. The van der Waals surface area contributed by atoms with E-state index in [1.165, 1.54) is 0 Å². The largest absolute Gasteiger partial charge is 0.456 e. The van der Waals surface area contributed by atoms with E-state index in [0.29, 0.717) is 6.61 Å². The molecule has 4 N–H and O–H groups in total. The highest BCUT2D eigenvalue weighted by Gasteiger charge is 2.43. The van der Waals surface area contributed by atoms with Gasteiger partial charge in [0.2, 0.25) is 10.5 Å². The first kappa shape index (κ1) is 21.5. The van der Waals surface area contributed by atoms with Gasteiger partial charge in [-0.05, 0) is 31.7 Å². The Morgan fingerprint density at radius 1 is 1.13 bits per heavy atom. The van der Waals surface area contributed by atoms with E-state index in [4.69, 9.17) is 18.7 Å². The van der Waals surface area contributed by atoms with Gasteiger partial charge in [0.15, 0.2) is 14.6 Å². The third kappa shape index (κ3) is 7.10. The minimum atomic E-state index is -1.59. The molecule has 10 heteroatoms. The Morgan fingerprint density at radius 2 is 1.83 bits per heavy atom. The standard InChI is InChI=1S/C13H27O7SSi2/c1-23(2,20-22)8-21-6-4-3-5-18-13-12(17)11(16)10(15)9(7-14)19-13/h9-17H,3-8H2,1-2H3/t9?,10-,11+,12?,13-/m1/s1. The number of rotatable bonds is 10. The zero-order valence-electron chi connectivity index (χ0n) is 13.6. The van der Waals surface area contributed by atoms with E-state index in [2.05, 4.69) is 23.6 Å². The maximum atomic E-state index is 9.82. The molecule has 0 saturated carbocycles. The number of unbranched alkanes of at least 4 members (excludes halogenated alkanes) is 1. The van der Waals surface area contributed by atoms with Crippen LogP contribution < -0.4 is 0 Å². The van der Waals surface area contributed by atoms with Crippen molar-refractivity contribution in [3.8, 4) is 0 Å². The lowest BCUT2D eigenvalue weighted by Gasteiger charge is -2.39. The van der Waals surface area contributed by atoms with Crippen LogP contribution in [0.5, 0.6) is 0 Å². The minimum absolute atomic E-state index is 0.374. The fourth-order valence-corrected chi connectivity index (χ4v) is 5.78. The van der Waals surface area contributed by atoms with Crippen LogP contribution in [0.25, 0.3) is 0 Å². The van der Waals surface area contributed by atoms with Crippen LogP contribution in [0.15, 0.2) is 0 Å². The van der Waals surface area contributed by atoms with Gasteiger partial charge in [-0.25, -0.2) is 0 Å². The topological polar surface area (TPSA) is 109 Å². The number of hydrogen-bond donors (Lipinski definition) is 4. The maximum Gasteiger partial charge on any atom is 0.230 e. The number of hydrogen-bond acceptors (Lipinski definition) is 8. The van der Waals surface area contributed by atoms with Gasteiger partial charge in [-0.2, -0.15) is 11.8 Å². The van der Waals surface area contributed by atoms with Crippen molar-refractivity contribution >= 4 is 30.6 Å². The van der Waals surface area contributed by atoms with Crippen LogP contribution in [0.2, 0.25) is 13.1 Å². The molecule has 1 rings (SSSR count). The third-order valence-electron chi connectivity index (χ3n) is 3.54. The van der Waals surface area contributed by atoms with Crippen molar-refractivity contribution in [3.05, 3.63) is 0 Å². The molecule has 1 fully saturated rings. The molecule has 1 aliphatic rings. The van der Waals surface area contributed by atoms with Gasteiger partial charge in [-0.15, -0.1) is 0 Å². The summed E-state index contributed by atoms with van der Waals surface area (Å²) in [6.07, 6.45) is -4.29. The van der Waals surface area contributed by atoms with Gasteiger partial charge in [-0.1, -0.05) is 0 Å². The molecule has 0 aliphatic carbocycles. The van der Waals surface area contributed by atoms with Crippen LogP contribution in [0, 0.1) is 0 Å². The number of aliphatic hydroxyl groups excluding tert-OH is 4. The van der Waals surface area contributed by atoms with Crippen LogP contribution in [-0.2, 0) is 13.6 Å². The Bertz CT molecular complexity index is 335. The van der Waals surface area contributed by atoms with E-state index in [9.17, 15) is 15.3 Å². The van der Waals surface area contributed by atoms with Crippen molar-refractivity contribution in [1.29, 1.82) is 0 Å². The summed E-state index contributed by atoms with van der Waals surface area (Å²) in [6.45, 7) is 4.19. The minimum Gasteiger partial charge on any atom is -0.456 e. The summed E-state index contributed by atoms with van der Waals surface area (Å²) < 4.78 is 16.0. The Balaban J connectivity index is 2.17. The van der Waals surface area contributed by atoms with E-state index in [1.54, 1.807) is 0 Å². The molecule has 0 spiro atoms. The van der Waals surface area contributed by atoms with Crippen molar-refractivity contribution in [1.82, 2.24) is 0 Å². The highest BCUT2D eigenvalue weighted by molar-refractivity contribution is 8.00. The first-order chi connectivity index (χ1) is 10.8. The summed E-state index contributed by atoms with van der Waals surface area (Å²) in [5, 5.41) is 39.2. The van der Waals surface area contributed by atoms with Crippen molar-refractivity contribution in [3.63, 3.8) is 0 Å². The zero-order chi connectivity index (χ0) is 17.5. The Kier molecular flexibility index (Phi) is 9.82. The first-order valence-electron chi connectivity index (χ1n) is 7.67. The van der Waals surface area contributed by atoms with Gasteiger partial charge in [-0.3, -0.25) is 0 Å². The molecule has 0 bridgehead atoms. The molecule has 23 heavy (non-hydrogen) atoms. The van der Waals surface area contributed by atoms with Crippen LogP contribution in [0.4, 0.5) is 0 Å². The molecule has 1 saturated heterocycles. The van der Waals surface area contributed by atoms with Crippen LogP contribution >= 0.6 is 11.8 Å². The molecule has 7 nitrogen and oxygen atoms in total. The lowest BCUT2D eigenvalue weighted by Crippen LogP contribution is -2.59. The lowest BCUT2D eigenvalue weighted by molar-refractivity contribution is -0.301. The van der Waals surface area contributed by atoms with Gasteiger partial charge in [0, 0.05) is 12.0 Å². The quantitative estimate of drug-likeness (QED) is 0.286. The van der Waals surface area contributed by atoms with Crippen LogP contribution in [0.1, 0.15) is 12.8 Å². The highest BCUT2D eigenvalue weighted by Crippen LogP contribution is 2.22. The molecular formula is C13H27O7SSi2. The SMILES string of the molecule is C[Si](C)(CSCCCCO[C@@H]1OC(CO)[C@@H](O)[C@H](O)C1O)O[Si]. The summed E-state index contributed by atoms with van der Waals surface area (Å²) in [5.74, 6) is 0.990. The molecule has 0 amide bonds. The zero-order valence-corrected chi connectivity index (χ0v) is 16.4. The third-order valence-corrected chi connectivity index (χ3v) is 9.92. The number of thioether (sulfide) groups is 1. The summed E-state index contributed by atoms with van der Waals surface area (Å²) >= 11 is 1.84. The maximum absolute atomic E-state index is 9.82. The second kappa shape index (κ2) is 10.5. The van der Waals surface area contributed by atoms with Gasteiger partial charge < -0.3 is 34.0 Å². The normalized spacial score (nSPS) is 32.2. The van der Waals surface area contributed by atoms with Crippen molar-refractivity contribution < 1.29 is 34.0 Å². The average Bonchev–Trinajstić information content (AvgIpc) is 2.53. The molecule has 5 atom stereocenters. The molecule has 0 aromatic heterocycles. The molecule has 135 valence electrons. The van der Waals surface area contributed by atoms with Gasteiger partial charge in [0.1, 0.15) is 24.4 Å². The molecular weight excluding hydrogens is 356 g/mol. The Morgan fingerprint density at radius 3 is 2.43 bits per heavy atom. The van der Waals surface area contributed by atoms with E-state index < -0.39 is 45.6 Å². The summed E-state index contributed by atoms with van der Waals surface area (Å²) in [6, 6.07) is 0. The second-order valence-corrected chi connectivity index (χ2v) is 12.5. The smallest absolute Gasteiger partial charge is 0.230 e. The summed E-state index contributed by atoms with van der Waals surface area (Å²) in [4.78, 5) is 0. The monoisotopic (exact) mass is 383 g/mol. The van der Waals surface area contributed by atoms with Gasteiger partial charge in [0.05, 0.1) is 6.61 Å². The van der Waals surface area contributed by atoms with E-state index in [-0.39, 0.29) is 0 Å². The van der Waals surface area contributed by atoms with E-state index in [0.717, 1.165) is 24.0 Å². The Labute approximate surface area is 146 Å². The van der Waals surface area contributed by atoms with Gasteiger partial charge >= 0.3 is 0 Å². The number of aliphatic hydroxyl groups is 4. The average molecular weight is 384 g/mol. The second-order valence-electron chi connectivity index (χ2n) is 6.19. The molecule has 2 unspecified atom stereocenters. The predicted octanol–water partition coefficient (Wildman–Crippen LogP) is -0.839. The molecule has 0 aromatic carbocycles. The van der Waals surface area contributed by atoms with E-state index in [1.807, 2.05) is 11.8 Å². The summed E-state index contributed by atoms with van der Waals surface area (Å²) in [7, 11) is 1.53. The first-order valence-corrected chi connectivity index (χ1v) is 12.3. The molecule has 1 aliphatic heterocycles. The van der Waals surface area contributed by atoms with Crippen LogP contribution in [0.3, 0.4) is 0 Å². The fraction of sp³-hybridized carbons (Fsp3) is 1.00. The Hall–Kier alpha value is 0.504. The summed E-state index contributed by atoms with van der Waals surface area (Å²) in [5.41, 5.74) is 0. The van der Waals surface area contributed by atoms with Crippen molar-refractivity contribution in [2.45, 2.75) is 56.6 Å². The molecule has 0 aromatic rings. The van der Waals surface area contributed by atoms with Crippen LogP contribution in [-0.4, -0.2) is 94.3 Å². The fourth-order valence-electron chi connectivity index (χ4n) is 2.06. The lowest BCUT2D eigenvalue weighted by atomic mass is 9.99. The molecule has 3 radical (unpaired) electrons. The van der Waals surface area contributed by atoms with Crippen molar-refractivity contribution in [2.75, 3.05) is 24.3 Å². The number of ether oxygens (including phenoxy) is 2. The van der Waals surface area contributed by atoms with E-state index >= 15 is 0 Å². The van der Waals surface area contributed by atoms with Crippen molar-refractivity contribution in [2.24, 2.45) is 0 Å².